The van der Waals surface area contributed by atoms with Crippen molar-refractivity contribution >= 4 is 87.2 Å². The van der Waals surface area contributed by atoms with Gasteiger partial charge in [-0.15, -0.1) is 34.8 Å². The van der Waals surface area contributed by atoms with Crippen LogP contribution >= 0.6 is 81.2 Å². The molecule has 0 amide bonds. The zero-order valence-corrected chi connectivity index (χ0v) is 18.4. The lowest BCUT2D eigenvalue weighted by molar-refractivity contribution is -0.150. The summed E-state index contributed by atoms with van der Waals surface area (Å²) < 4.78 is 3.82. The minimum absolute atomic E-state index is 0.142. The van der Waals surface area contributed by atoms with Crippen molar-refractivity contribution in [1.29, 1.82) is 0 Å². The number of allylic oxidation sites excluding steroid dienone is 2. The van der Waals surface area contributed by atoms with E-state index in [0.29, 0.717) is 31.7 Å². The Bertz CT molecular complexity index is 607. The molecule has 3 rings (SSSR count). The first kappa shape index (κ1) is 21.0. The normalized spacial score (nSPS) is 41.8. The summed E-state index contributed by atoms with van der Waals surface area (Å²) in [7, 11) is 0. The van der Waals surface area contributed by atoms with Crippen LogP contribution in [0.15, 0.2) is 10.1 Å². The van der Waals surface area contributed by atoms with E-state index in [2.05, 4.69) is 0 Å². The van der Waals surface area contributed by atoms with Crippen molar-refractivity contribution in [3.63, 3.8) is 0 Å². The number of ether oxygens (including phenoxy) is 1. The molecule has 142 valence electrons. The second kappa shape index (κ2) is 7.25. The summed E-state index contributed by atoms with van der Waals surface area (Å²) in [4.78, 5) is 9.86. The molecule has 0 radical (unpaired) electrons. The van der Waals surface area contributed by atoms with Crippen LogP contribution < -0.4 is 0 Å². The summed E-state index contributed by atoms with van der Waals surface area (Å²) in [6.45, 7) is 0.364. The van der Waals surface area contributed by atoms with Crippen LogP contribution in [0.3, 0.4) is 0 Å². The molecular weight excluding hydrogens is 472 g/mol. The van der Waals surface area contributed by atoms with E-state index in [9.17, 15) is 4.79 Å². The van der Waals surface area contributed by atoms with Gasteiger partial charge >= 0.3 is 5.97 Å². The third kappa shape index (κ3) is 2.76. The maximum absolute atomic E-state index is 12.4. The van der Waals surface area contributed by atoms with Gasteiger partial charge in [-0.3, -0.25) is 4.79 Å². The molecule has 0 spiro atoms. The van der Waals surface area contributed by atoms with E-state index in [4.69, 9.17) is 85.9 Å². The monoisotopic (exact) mass is 486 g/mol. The van der Waals surface area contributed by atoms with E-state index in [0.717, 1.165) is 12.8 Å². The van der Waals surface area contributed by atoms with Crippen LogP contribution in [-0.4, -0.2) is 32.5 Å². The third-order valence-electron chi connectivity index (χ3n) is 5.72. The molecule has 25 heavy (non-hydrogen) atoms. The van der Waals surface area contributed by atoms with Gasteiger partial charge < -0.3 is 4.74 Å². The molecule has 2 fully saturated rings. The fourth-order valence-corrected chi connectivity index (χ4v) is 7.76. The second-order valence-corrected chi connectivity index (χ2v) is 10.6. The van der Waals surface area contributed by atoms with Gasteiger partial charge in [0, 0.05) is 5.88 Å². The van der Waals surface area contributed by atoms with Gasteiger partial charge in [-0.1, -0.05) is 46.4 Å². The maximum Gasteiger partial charge on any atom is 0.308 e. The molecule has 0 aromatic heterocycles. The lowest BCUT2D eigenvalue weighted by atomic mass is 9.69. The number of halogens is 7. The van der Waals surface area contributed by atoms with Gasteiger partial charge in [0.2, 0.25) is 0 Å². The van der Waals surface area contributed by atoms with Crippen LogP contribution in [0.1, 0.15) is 32.1 Å². The maximum atomic E-state index is 12.4. The van der Waals surface area contributed by atoms with E-state index in [1.807, 2.05) is 0 Å². The second-order valence-electron chi connectivity index (χ2n) is 6.91. The van der Waals surface area contributed by atoms with Crippen molar-refractivity contribution in [1.82, 2.24) is 0 Å². The van der Waals surface area contributed by atoms with E-state index in [1.165, 1.54) is 0 Å². The van der Waals surface area contributed by atoms with Crippen LogP contribution in [0.4, 0.5) is 0 Å². The highest BCUT2D eigenvalue weighted by atomic mass is 35.5. The SMILES string of the molecule is O=C(OCCCCCl)[C@@H]1CC[C@H]2[C@H](C1)[C@@]1(Cl)C(Cl)=C(Cl)[C@@]2(Cl)C1(Cl)Cl. The van der Waals surface area contributed by atoms with Crippen LogP contribution in [-0.2, 0) is 9.53 Å². The molecular formula is C16H17Cl7O2. The number of fused-ring (bicyclic) bond motifs is 5. The van der Waals surface area contributed by atoms with Crippen molar-refractivity contribution in [3.8, 4) is 0 Å². The number of carbonyl (C=O) groups excluding carboxylic acids is 1. The first-order valence-electron chi connectivity index (χ1n) is 8.18. The smallest absolute Gasteiger partial charge is 0.308 e. The highest BCUT2D eigenvalue weighted by Gasteiger charge is 2.82. The van der Waals surface area contributed by atoms with Crippen molar-refractivity contribution < 1.29 is 9.53 Å². The molecule has 9 heteroatoms. The van der Waals surface area contributed by atoms with Crippen molar-refractivity contribution in [2.75, 3.05) is 12.5 Å². The van der Waals surface area contributed by atoms with Gasteiger partial charge in [0.05, 0.1) is 22.6 Å². The minimum atomic E-state index is -1.54. The summed E-state index contributed by atoms with van der Waals surface area (Å²) >= 11 is 45.1. The largest absolute Gasteiger partial charge is 0.465 e. The van der Waals surface area contributed by atoms with Crippen LogP contribution in [0.25, 0.3) is 0 Å². The fourth-order valence-electron chi connectivity index (χ4n) is 4.44. The van der Waals surface area contributed by atoms with Crippen LogP contribution in [0, 0.1) is 17.8 Å². The molecule has 0 aromatic carbocycles. The first-order chi connectivity index (χ1) is 11.6. The molecule has 3 aliphatic carbocycles. The van der Waals surface area contributed by atoms with Crippen LogP contribution in [0.2, 0.25) is 0 Å². The van der Waals surface area contributed by atoms with E-state index in [-0.39, 0.29) is 33.8 Å². The minimum Gasteiger partial charge on any atom is -0.465 e. The average Bonchev–Trinajstić information content (AvgIpc) is 2.79. The summed E-state index contributed by atoms with van der Waals surface area (Å²) in [5, 5.41) is 0.410. The zero-order valence-electron chi connectivity index (χ0n) is 13.1. The lowest BCUT2D eigenvalue weighted by Gasteiger charge is -2.42. The molecule has 5 atom stereocenters. The lowest BCUT2D eigenvalue weighted by Crippen LogP contribution is -2.44. The van der Waals surface area contributed by atoms with Crippen molar-refractivity contribution in [2.24, 2.45) is 17.8 Å². The zero-order chi connectivity index (χ0) is 18.6. The number of hydrogen-bond donors (Lipinski definition) is 0. The quantitative estimate of drug-likeness (QED) is 0.253. The van der Waals surface area contributed by atoms with Gasteiger partial charge in [-0.05, 0) is 43.9 Å². The topological polar surface area (TPSA) is 26.3 Å². The number of rotatable bonds is 5. The van der Waals surface area contributed by atoms with E-state index >= 15 is 0 Å². The molecule has 0 unspecified atom stereocenters. The van der Waals surface area contributed by atoms with Gasteiger partial charge in [0.1, 0.15) is 9.75 Å². The Morgan fingerprint density at radius 1 is 1.00 bits per heavy atom. The number of esters is 1. The first-order valence-corrected chi connectivity index (χ1v) is 11.0. The number of alkyl halides is 5. The van der Waals surface area contributed by atoms with Gasteiger partial charge in [-0.2, -0.15) is 0 Å². The van der Waals surface area contributed by atoms with Gasteiger partial charge in [-0.25, -0.2) is 0 Å². The standard InChI is InChI=1S/C16H17Cl7O2/c17-5-1-2-6-25-13(24)8-3-4-9-10(7-8)15(21)12(19)11(18)14(9,20)16(15,22)23/h8-10H,1-7H2/t8-,9+,10+,14-,15-/m1/s1. The summed E-state index contributed by atoms with van der Waals surface area (Å²) in [5.41, 5.74) is 0. The van der Waals surface area contributed by atoms with Crippen LogP contribution in [0.5, 0.6) is 0 Å². The van der Waals surface area contributed by atoms with E-state index < -0.39 is 14.1 Å². The Balaban J connectivity index is 1.78. The van der Waals surface area contributed by atoms with Gasteiger partial charge in [0.25, 0.3) is 0 Å². The molecule has 2 bridgehead atoms. The number of hydrogen-bond acceptors (Lipinski definition) is 2. The third-order valence-corrected chi connectivity index (χ3v) is 10.3. The summed E-state index contributed by atoms with van der Waals surface area (Å²) in [6, 6.07) is 0. The predicted octanol–water partition coefficient (Wildman–Crippen LogP) is 6.43. The molecule has 0 saturated heterocycles. The molecule has 0 heterocycles. The molecule has 2 nitrogen and oxygen atoms in total. The summed E-state index contributed by atoms with van der Waals surface area (Å²) in [5.74, 6) is -0.348. The number of carbonyl (C=O) groups is 1. The fraction of sp³-hybridized carbons (Fsp3) is 0.812. The Labute approximate surface area is 182 Å². The highest BCUT2D eigenvalue weighted by Crippen LogP contribution is 2.78. The van der Waals surface area contributed by atoms with Crippen molar-refractivity contribution in [2.45, 2.75) is 46.2 Å². The number of unbranched alkanes of at least 4 members (excludes halogenated alkanes) is 1. The molecule has 0 N–H and O–H groups in total. The molecule has 0 aliphatic heterocycles. The van der Waals surface area contributed by atoms with E-state index in [1.54, 1.807) is 0 Å². The Kier molecular flexibility index (Phi) is 6.08. The predicted molar refractivity (Wildman–Crippen MR) is 106 cm³/mol. The average molecular weight is 489 g/mol. The Hall–Kier alpha value is 1.24. The molecule has 3 aliphatic rings. The summed E-state index contributed by atoms with van der Waals surface area (Å²) in [6.07, 6.45) is 3.28. The van der Waals surface area contributed by atoms with Gasteiger partial charge in [0.15, 0.2) is 4.33 Å². The highest BCUT2D eigenvalue weighted by molar-refractivity contribution is 6.65. The molecule has 0 aromatic rings. The Morgan fingerprint density at radius 2 is 1.60 bits per heavy atom. The van der Waals surface area contributed by atoms with Crippen molar-refractivity contribution in [3.05, 3.63) is 10.1 Å². The molecule has 2 saturated carbocycles. The Morgan fingerprint density at radius 3 is 2.20 bits per heavy atom.